The number of ether oxygens (including phenoxy) is 2. The molecule has 7 nitrogen and oxygen atoms in total. The topological polar surface area (TPSA) is 84.9 Å². The summed E-state index contributed by atoms with van der Waals surface area (Å²) in [5, 5.41) is 2.44. The molecule has 0 aromatic rings. The number of carbonyl (C=O) groups excluding carboxylic acids is 3. The van der Waals surface area contributed by atoms with E-state index in [9.17, 15) is 14.4 Å². The molecule has 114 valence electrons. The molecule has 0 aromatic heterocycles. The molecule has 1 rings (SSSR count). The molecule has 1 heterocycles. The van der Waals surface area contributed by atoms with Crippen LogP contribution in [0.2, 0.25) is 0 Å². The number of likely N-dealkylation sites (tertiary alicyclic amines) is 1. The number of hydrogen-bond acceptors (Lipinski definition) is 5. The van der Waals surface area contributed by atoms with Crippen LogP contribution in [0.1, 0.15) is 40.5 Å². The summed E-state index contributed by atoms with van der Waals surface area (Å²) in [5.74, 6) is -0.910. The summed E-state index contributed by atoms with van der Waals surface area (Å²) in [6.07, 6.45) is 0.217. The van der Waals surface area contributed by atoms with Crippen molar-refractivity contribution in [3.63, 3.8) is 0 Å². The van der Waals surface area contributed by atoms with Crippen LogP contribution in [-0.4, -0.2) is 47.8 Å². The molecule has 2 amide bonds. The summed E-state index contributed by atoms with van der Waals surface area (Å²) in [6.45, 7) is 6.96. The van der Waals surface area contributed by atoms with Crippen molar-refractivity contribution in [1.82, 2.24) is 10.2 Å². The van der Waals surface area contributed by atoms with Crippen LogP contribution in [0.5, 0.6) is 0 Å². The van der Waals surface area contributed by atoms with Crippen molar-refractivity contribution in [2.75, 3.05) is 13.7 Å². The van der Waals surface area contributed by atoms with E-state index in [2.05, 4.69) is 5.32 Å². The summed E-state index contributed by atoms with van der Waals surface area (Å²) in [4.78, 5) is 37.0. The summed E-state index contributed by atoms with van der Waals surface area (Å²) >= 11 is 0. The van der Waals surface area contributed by atoms with E-state index >= 15 is 0 Å². The zero-order valence-electron chi connectivity index (χ0n) is 12.6. The normalized spacial score (nSPS) is 18.4. The van der Waals surface area contributed by atoms with Gasteiger partial charge in [0.05, 0.1) is 7.11 Å². The third-order valence-corrected chi connectivity index (χ3v) is 2.94. The van der Waals surface area contributed by atoms with Crippen molar-refractivity contribution in [2.24, 2.45) is 0 Å². The van der Waals surface area contributed by atoms with E-state index in [4.69, 9.17) is 9.47 Å². The van der Waals surface area contributed by atoms with Crippen LogP contribution in [0, 0.1) is 0 Å². The van der Waals surface area contributed by atoms with Gasteiger partial charge < -0.3 is 14.4 Å². The number of nitrogens with one attached hydrogen (secondary N) is 1. The zero-order chi connectivity index (χ0) is 15.6. The highest BCUT2D eigenvalue weighted by Gasteiger charge is 2.47. The Morgan fingerprint density at radius 3 is 2.25 bits per heavy atom. The van der Waals surface area contributed by atoms with Gasteiger partial charge >= 0.3 is 12.1 Å². The van der Waals surface area contributed by atoms with Crippen LogP contribution in [0.25, 0.3) is 0 Å². The van der Waals surface area contributed by atoms with Gasteiger partial charge in [-0.2, -0.15) is 0 Å². The molecule has 1 atom stereocenters. The maximum absolute atomic E-state index is 12.0. The van der Waals surface area contributed by atoms with Gasteiger partial charge in [-0.1, -0.05) is 0 Å². The molecule has 7 heteroatoms. The second-order valence-electron chi connectivity index (χ2n) is 5.84. The van der Waals surface area contributed by atoms with Crippen LogP contribution in [0.15, 0.2) is 0 Å². The maximum atomic E-state index is 12.0. The van der Waals surface area contributed by atoms with Gasteiger partial charge in [0.15, 0.2) is 0 Å². The predicted molar refractivity (Wildman–Crippen MR) is 70.7 cm³/mol. The Bertz CT molecular complexity index is 415. The Hall–Kier alpha value is -1.79. The fourth-order valence-electron chi connectivity index (χ4n) is 2.05. The maximum Gasteiger partial charge on any atom is 0.409 e. The van der Waals surface area contributed by atoms with Gasteiger partial charge in [-0.05, 0) is 34.1 Å². The fourth-order valence-corrected chi connectivity index (χ4v) is 2.05. The van der Waals surface area contributed by atoms with Crippen molar-refractivity contribution >= 4 is 18.0 Å². The lowest BCUT2D eigenvalue weighted by Gasteiger charge is -2.36. The van der Waals surface area contributed by atoms with Crippen LogP contribution < -0.4 is 5.32 Å². The number of alkyl carbamates (subject to hydrolysis) is 1. The van der Waals surface area contributed by atoms with Crippen molar-refractivity contribution in [1.29, 1.82) is 0 Å². The van der Waals surface area contributed by atoms with Crippen molar-refractivity contribution < 1.29 is 23.9 Å². The summed E-state index contributed by atoms with van der Waals surface area (Å²) in [5.41, 5.74) is -2.25. The first-order valence-electron chi connectivity index (χ1n) is 6.50. The highest BCUT2D eigenvalue weighted by atomic mass is 16.6. The highest BCUT2D eigenvalue weighted by Crippen LogP contribution is 2.22. The minimum absolute atomic E-state index is 0.200. The molecule has 0 radical (unpaired) electrons. The van der Waals surface area contributed by atoms with Gasteiger partial charge in [-0.25, -0.2) is 9.59 Å². The van der Waals surface area contributed by atoms with E-state index in [1.165, 1.54) is 18.9 Å². The number of methoxy groups -OCH3 is 1. The smallest absolute Gasteiger partial charge is 0.409 e. The van der Waals surface area contributed by atoms with E-state index in [0.29, 0.717) is 19.4 Å². The first-order valence-corrected chi connectivity index (χ1v) is 6.50. The monoisotopic (exact) mass is 286 g/mol. The minimum Gasteiger partial charge on any atom is -0.466 e. The lowest BCUT2D eigenvalue weighted by Crippen LogP contribution is -2.64. The average Bonchev–Trinajstić information content (AvgIpc) is 2.71. The van der Waals surface area contributed by atoms with Crippen molar-refractivity contribution in [3.05, 3.63) is 0 Å². The molecule has 0 spiro atoms. The number of hydrogen-bond donors (Lipinski definition) is 1. The number of amides is 2. The van der Waals surface area contributed by atoms with Crippen LogP contribution in [-0.2, 0) is 19.1 Å². The first-order chi connectivity index (χ1) is 9.10. The van der Waals surface area contributed by atoms with E-state index < -0.39 is 23.3 Å². The van der Waals surface area contributed by atoms with Gasteiger partial charge in [0.2, 0.25) is 11.6 Å². The van der Waals surface area contributed by atoms with Crippen molar-refractivity contribution in [3.8, 4) is 0 Å². The van der Waals surface area contributed by atoms with Crippen LogP contribution in [0.4, 0.5) is 4.79 Å². The van der Waals surface area contributed by atoms with E-state index in [1.807, 2.05) is 0 Å². The molecule has 0 saturated carbocycles. The first kappa shape index (κ1) is 16.3. The number of carbonyl (C=O) groups is 3. The Morgan fingerprint density at radius 1 is 1.25 bits per heavy atom. The number of nitrogens with zero attached hydrogens (tertiary/aromatic N) is 1. The lowest BCUT2D eigenvalue weighted by atomic mass is 10.1. The molecule has 1 saturated heterocycles. The quantitative estimate of drug-likeness (QED) is 0.783. The highest BCUT2D eigenvalue weighted by molar-refractivity contribution is 5.91. The van der Waals surface area contributed by atoms with E-state index in [1.54, 1.807) is 20.8 Å². The zero-order valence-corrected chi connectivity index (χ0v) is 12.6. The Morgan fingerprint density at radius 2 is 1.85 bits per heavy atom. The molecule has 0 aromatic carbocycles. The molecule has 0 aliphatic carbocycles. The molecule has 1 aliphatic rings. The lowest BCUT2D eigenvalue weighted by molar-refractivity contribution is -0.161. The van der Waals surface area contributed by atoms with Crippen LogP contribution in [0.3, 0.4) is 0 Å². The molecule has 20 heavy (non-hydrogen) atoms. The van der Waals surface area contributed by atoms with Gasteiger partial charge in [-0.15, -0.1) is 0 Å². The average molecular weight is 286 g/mol. The predicted octanol–water partition coefficient (Wildman–Crippen LogP) is 1.02. The summed E-state index contributed by atoms with van der Waals surface area (Å²) < 4.78 is 9.83. The Kier molecular flexibility index (Phi) is 4.62. The third-order valence-electron chi connectivity index (χ3n) is 2.94. The summed E-state index contributed by atoms with van der Waals surface area (Å²) in [7, 11) is 1.21. The largest absolute Gasteiger partial charge is 0.466 e. The van der Waals surface area contributed by atoms with Crippen LogP contribution >= 0.6 is 0 Å². The molecule has 1 aliphatic heterocycles. The summed E-state index contributed by atoms with van der Waals surface area (Å²) in [6, 6.07) is 0. The molecule has 1 N–H and O–H groups in total. The molecule has 0 bridgehead atoms. The standard InChI is InChI=1S/C13H22N2O5/c1-12(2,3)20-11(18)14-13(4,10(17)19-5)15-8-6-7-9(15)16/h6-8H2,1-5H3,(H,14,18)/t13-/m0/s1. The molecule has 1 fully saturated rings. The van der Waals surface area contributed by atoms with Crippen molar-refractivity contribution in [2.45, 2.75) is 51.8 Å². The molecular formula is C13H22N2O5. The fraction of sp³-hybridized carbons (Fsp3) is 0.769. The second-order valence-corrected chi connectivity index (χ2v) is 5.84. The third kappa shape index (κ3) is 3.61. The SMILES string of the molecule is COC(=O)[C@@](C)(NC(=O)OC(C)(C)C)N1CCCC1=O. The van der Waals surface area contributed by atoms with Gasteiger partial charge in [0.25, 0.3) is 0 Å². The number of rotatable bonds is 3. The molecule has 0 unspecified atom stereocenters. The van der Waals surface area contributed by atoms with E-state index in [-0.39, 0.29) is 5.91 Å². The van der Waals surface area contributed by atoms with Gasteiger partial charge in [-0.3, -0.25) is 10.1 Å². The van der Waals surface area contributed by atoms with Gasteiger partial charge in [0, 0.05) is 13.0 Å². The van der Waals surface area contributed by atoms with E-state index in [0.717, 1.165) is 0 Å². The minimum atomic E-state index is -1.55. The number of esters is 1. The Balaban J connectivity index is 2.92. The molecular weight excluding hydrogens is 264 g/mol. The Labute approximate surface area is 118 Å². The second kappa shape index (κ2) is 5.68. The van der Waals surface area contributed by atoms with Gasteiger partial charge in [0.1, 0.15) is 5.60 Å².